The molecule has 0 amide bonds. The van der Waals surface area contributed by atoms with Gasteiger partial charge in [0.25, 0.3) is 0 Å². The number of aryl methyl sites for hydroxylation is 1. The summed E-state index contributed by atoms with van der Waals surface area (Å²) in [6, 6.07) is 6.06. The molecule has 0 fully saturated rings. The van der Waals surface area contributed by atoms with Crippen LogP contribution in [0.15, 0.2) is 24.4 Å². The second-order valence-electron chi connectivity index (χ2n) is 3.95. The molecule has 0 bridgehead atoms. The fraction of sp³-hybridized carbons (Fsp3) is 0.308. The number of methoxy groups -OCH3 is 1. The van der Waals surface area contributed by atoms with Crippen molar-refractivity contribution < 1.29 is 9.47 Å². The third-order valence-corrected chi connectivity index (χ3v) is 2.97. The van der Waals surface area contributed by atoms with Crippen molar-refractivity contribution >= 4 is 10.8 Å². The van der Waals surface area contributed by atoms with E-state index < -0.39 is 0 Å². The molecule has 1 aliphatic heterocycles. The number of hydrogen-bond acceptors (Lipinski definition) is 3. The first kappa shape index (κ1) is 9.46. The lowest BCUT2D eigenvalue weighted by Crippen LogP contribution is -2.10. The van der Waals surface area contributed by atoms with Gasteiger partial charge in [-0.2, -0.15) is 0 Å². The molecular formula is C13H13NO2. The first-order valence-electron chi connectivity index (χ1n) is 5.47. The van der Waals surface area contributed by atoms with Gasteiger partial charge in [-0.1, -0.05) is 0 Å². The lowest BCUT2D eigenvalue weighted by Gasteiger charge is -2.17. The first-order valence-corrected chi connectivity index (χ1v) is 5.47. The van der Waals surface area contributed by atoms with Gasteiger partial charge in [0.05, 0.1) is 13.7 Å². The van der Waals surface area contributed by atoms with Gasteiger partial charge in [0, 0.05) is 17.1 Å². The molecule has 3 heteroatoms. The molecule has 0 saturated heterocycles. The van der Waals surface area contributed by atoms with Crippen molar-refractivity contribution in [2.24, 2.45) is 0 Å². The number of pyridine rings is 1. The Morgan fingerprint density at radius 2 is 2.31 bits per heavy atom. The van der Waals surface area contributed by atoms with Crippen molar-refractivity contribution in [3.05, 3.63) is 30.0 Å². The molecule has 0 radical (unpaired) electrons. The summed E-state index contributed by atoms with van der Waals surface area (Å²) >= 11 is 0. The minimum atomic E-state index is 0.773. The molecule has 1 aromatic heterocycles. The summed E-state index contributed by atoms with van der Waals surface area (Å²) in [7, 11) is 1.69. The molecule has 0 spiro atoms. The van der Waals surface area contributed by atoms with Crippen LogP contribution in [0.25, 0.3) is 10.8 Å². The molecule has 0 unspecified atom stereocenters. The maximum Gasteiger partial charge on any atom is 0.217 e. The van der Waals surface area contributed by atoms with Gasteiger partial charge in [-0.3, -0.25) is 0 Å². The number of fused-ring (bicyclic) bond motifs is 3. The van der Waals surface area contributed by atoms with Gasteiger partial charge >= 0.3 is 0 Å². The Morgan fingerprint density at radius 1 is 1.38 bits per heavy atom. The zero-order chi connectivity index (χ0) is 11.0. The first-order chi connectivity index (χ1) is 7.88. The maximum absolute atomic E-state index is 5.55. The molecule has 16 heavy (non-hydrogen) atoms. The van der Waals surface area contributed by atoms with Crippen molar-refractivity contribution in [2.45, 2.75) is 12.8 Å². The van der Waals surface area contributed by atoms with E-state index in [1.165, 1.54) is 10.9 Å². The van der Waals surface area contributed by atoms with Crippen molar-refractivity contribution in [3.8, 4) is 11.6 Å². The lowest BCUT2D eigenvalue weighted by atomic mass is 10.0. The van der Waals surface area contributed by atoms with Crippen LogP contribution >= 0.6 is 0 Å². The van der Waals surface area contributed by atoms with Crippen LogP contribution in [-0.2, 0) is 6.42 Å². The van der Waals surface area contributed by atoms with E-state index in [-0.39, 0.29) is 0 Å². The molecule has 1 aliphatic rings. The summed E-state index contributed by atoms with van der Waals surface area (Å²) in [5.74, 6) is 1.67. The van der Waals surface area contributed by atoms with Crippen LogP contribution in [0.1, 0.15) is 12.0 Å². The average molecular weight is 215 g/mol. The van der Waals surface area contributed by atoms with E-state index in [2.05, 4.69) is 11.1 Å². The van der Waals surface area contributed by atoms with Gasteiger partial charge in [0.15, 0.2) is 0 Å². The molecule has 0 N–H and O–H groups in total. The minimum Gasteiger partial charge on any atom is -0.497 e. The van der Waals surface area contributed by atoms with Crippen LogP contribution in [0.2, 0.25) is 0 Å². The fourth-order valence-corrected chi connectivity index (χ4v) is 2.14. The third kappa shape index (κ3) is 1.40. The molecule has 2 aromatic rings. The quantitative estimate of drug-likeness (QED) is 0.732. The van der Waals surface area contributed by atoms with E-state index in [9.17, 15) is 0 Å². The molecule has 0 saturated carbocycles. The second kappa shape index (κ2) is 3.67. The monoisotopic (exact) mass is 215 g/mol. The smallest absolute Gasteiger partial charge is 0.217 e. The van der Waals surface area contributed by atoms with Crippen LogP contribution < -0.4 is 9.47 Å². The van der Waals surface area contributed by atoms with E-state index >= 15 is 0 Å². The van der Waals surface area contributed by atoms with E-state index in [0.29, 0.717) is 0 Å². The normalized spacial score (nSPS) is 14.3. The minimum absolute atomic E-state index is 0.773. The third-order valence-electron chi connectivity index (χ3n) is 2.97. The molecule has 0 aliphatic carbocycles. The Morgan fingerprint density at radius 3 is 3.19 bits per heavy atom. The van der Waals surface area contributed by atoms with E-state index in [1.807, 2.05) is 18.3 Å². The zero-order valence-corrected chi connectivity index (χ0v) is 9.19. The SMILES string of the molecule is COc1ccc2cnc3c(c2c1)CCCO3. The molecule has 3 nitrogen and oxygen atoms in total. The van der Waals surface area contributed by atoms with Gasteiger partial charge in [0.1, 0.15) is 5.75 Å². The van der Waals surface area contributed by atoms with Gasteiger partial charge in [0.2, 0.25) is 5.88 Å². The van der Waals surface area contributed by atoms with Gasteiger partial charge in [-0.05, 0) is 36.4 Å². The number of nitrogens with zero attached hydrogens (tertiary/aromatic N) is 1. The summed E-state index contributed by atoms with van der Waals surface area (Å²) < 4.78 is 10.8. The molecule has 2 heterocycles. The summed E-state index contributed by atoms with van der Waals surface area (Å²) in [5.41, 5.74) is 1.21. The maximum atomic E-state index is 5.55. The molecule has 3 rings (SSSR count). The van der Waals surface area contributed by atoms with Crippen molar-refractivity contribution in [3.63, 3.8) is 0 Å². The van der Waals surface area contributed by atoms with Crippen LogP contribution in [0.3, 0.4) is 0 Å². The average Bonchev–Trinajstić information content (AvgIpc) is 2.38. The van der Waals surface area contributed by atoms with Crippen LogP contribution in [0, 0.1) is 0 Å². The fourth-order valence-electron chi connectivity index (χ4n) is 2.14. The Hall–Kier alpha value is -1.77. The number of ether oxygens (including phenoxy) is 2. The molecule has 0 atom stereocenters. The standard InChI is InChI=1S/C13H13NO2/c1-15-10-5-4-9-8-14-13-11(12(9)7-10)3-2-6-16-13/h4-5,7-8H,2-3,6H2,1H3. The summed E-state index contributed by atoms with van der Waals surface area (Å²) in [5, 5.41) is 2.34. The van der Waals surface area contributed by atoms with Crippen LogP contribution in [0.5, 0.6) is 11.6 Å². The number of rotatable bonds is 1. The van der Waals surface area contributed by atoms with Crippen molar-refractivity contribution in [1.29, 1.82) is 0 Å². The summed E-state index contributed by atoms with van der Waals surface area (Å²) in [4.78, 5) is 4.34. The Balaban J connectivity index is 2.27. The highest BCUT2D eigenvalue weighted by molar-refractivity contribution is 5.87. The van der Waals surface area contributed by atoms with Gasteiger partial charge in [-0.25, -0.2) is 4.98 Å². The highest BCUT2D eigenvalue weighted by atomic mass is 16.5. The van der Waals surface area contributed by atoms with E-state index in [0.717, 1.165) is 36.5 Å². The zero-order valence-electron chi connectivity index (χ0n) is 9.19. The molecule has 82 valence electrons. The second-order valence-corrected chi connectivity index (χ2v) is 3.95. The van der Waals surface area contributed by atoms with E-state index in [4.69, 9.17) is 9.47 Å². The van der Waals surface area contributed by atoms with Crippen LogP contribution in [-0.4, -0.2) is 18.7 Å². The predicted octanol–water partition coefficient (Wildman–Crippen LogP) is 2.57. The molecular weight excluding hydrogens is 202 g/mol. The van der Waals surface area contributed by atoms with E-state index in [1.54, 1.807) is 7.11 Å². The summed E-state index contributed by atoms with van der Waals surface area (Å²) in [6.45, 7) is 0.773. The number of hydrogen-bond donors (Lipinski definition) is 0. The lowest BCUT2D eigenvalue weighted by molar-refractivity contribution is 0.277. The van der Waals surface area contributed by atoms with Gasteiger partial charge < -0.3 is 9.47 Å². The largest absolute Gasteiger partial charge is 0.497 e. The highest BCUT2D eigenvalue weighted by Gasteiger charge is 2.15. The Kier molecular flexibility index (Phi) is 2.17. The van der Waals surface area contributed by atoms with Crippen molar-refractivity contribution in [2.75, 3.05) is 13.7 Å². The predicted molar refractivity (Wildman–Crippen MR) is 62.1 cm³/mol. The Labute approximate surface area is 94.0 Å². The topological polar surface area (TPSA) is 31.4 Å². The van der Waals surface area contributed by atoms with Crippen LogP contribution in [0.4, 0.5) is 0 Å². The summed E-state index contributed by atoms with van der Waals surface area (Å²) in [6.07, 6.45) is 3.96. The van der Waals surface area contributed by atoms with Crippen molar-refractivity contribution in [1.82, 2.24) is 4.98 Å². The highest BCUT2D eigenvalue weighted by Crippen LogP contribution is 2.31. The number of aromatic nitrogens is 1. The number of benzene rings is 1. The Bertz CT molecular complexity index is 531. The molecule has 1 aromatic carbocycles. The van der Waals surface area contributed by atoms with Gasteiger partial charge in [-0.15, -0.1) is 0 Å².